The quantitative estimate of drug-likeness (QED) is 0.562. The second kappa shape index (κ2) is 4.80. The molecule has 0 aromatic carbocycles. The maximum absolute atomic E-state index is 16.8. The van der Waals surface area contributed by atoms with Crippen molar-refractivity contribution in [3.8, 4) is 0 Å². The third-order valence-electron chi connectivity index (χ3n) is 8.54. The van der Waals surface area contributed by atoms with Crippen molar-refractivity contribution in [1.29, 1.82) is 0 Å². The predicted octanol–water partition coefficient (Wildman–Crippen LogP) is 3.63. The van der Waals surface area contributed by atoms with E-state index < -0.39 is 40.5 Å². The summed E-state index contributed by atoms with van der Waals surface area (Å²) in [6.07, 6.45) is 2.22. The first-order valence-corrected chi connectivity index (χ1v) is 9.87. The number of hydrogen-bond acceptors (Lipinski definition) is 3. The van der Waals surface area contributed by atoms with Gasteiger partial charge in [0.2, 0.25) is 0 Å². The third-order valence-corrected chi connectivity index (χ3v) is 8.54. The zero-order valence-corrected chi connectivity index (χ0v) is 16.0. The summed E-state index contributed by atoms with van der Waals surface area (Å²) in [6, 6.07) is 0. The lowest BCUT2D eigenvalue weighted by atomic mass is 9.47. The topological polar surface area (TPSA) is 49.8 Å². The lowest BCUT2D eigenvalue weighted by Gasteiger charge is -2.59. The first kappa shape index (κ1) is 17.7. The molecule has 4 aliphatic carbocycles. The molecule has 9 atom stereocenters. The smallest absolute Gasteiger partial charge is 0.178 e. The summed E-state index contributed by atoms with van der Waals surface area (Å²) < 4.78 is 38.3. The second-order valence-electron chi connectivity index (χ2n) is 9.59. The highest BCUT2D eigenvalue weighted by Crippen LogP contribution is 2.77. The zero-order chi connectivity index (χ0) is 19.6. The van der Waals surface area contributed by atoms with E-state index in [1.807, 2.05) is 6.92 Å². The SMILES string of the molecule is C=C(C)[C@]12OC13CC(O)[C@@]1(F)C(C[C@H](F)C4=CC(=O)C=CC41C)[C@@H]3C[C@H]2C. The Labute approximate surface area is 158 Å². The first-order chi connectivity index (χ1) is 12.5. The number of carbonyl (C=O) groups excluding carboxylic acids is 1. The van der Waals surface area contributed by atoms with E-state index in [9.17, 15) is 9.90 Å². The van der Waals surface area contributed by atoms with Crippen LogP contribution in [0.3, 0.4) is 0 Å². The second-order valence-corrected chi connectivity index (χ2v) is 9.59. The van der Waals surface area contributed by atoms with E-state index in [-0.39, 0.29) is 36.0 Å². The lowest BCUT2D eigenvalue weighted by molar-refractivity contribution is -0.187. The standard InChI is InChI=1S/C22H26F2O3/c1-11(2)22-12(3)7-14-15-9-17(23)16-8-13(25)5-6-19(16,4)21(15,24)18(26)10-20(14,22)27-22/h5-6,8,12,14-15,17-18,26H,1,7,9-10H2,2-4H3/t12-,14+,15?,17+,18?,19?,20?,21+,22-/m1/s1. The van der Waals surface area contributed by atoms with Crippen molar-refractivity contribution in [3.63, 3.8) is 0 Å². The molecule has 0 radical (unpaired) electrons. The van der Waals surface area contributed by atoms with E-state index in [0.717, 1.165) is 12.0 Å². The van der Waals surface area contributed by atoms with Gasteiger partial charge in [-0.2, -0.15) is 0 Å². The molecule has 0 aromatic heterocycles. The number of halogens is 2. The van der Waals surface area contributed by atoms with Gasteiger partial charge in [-0.3, -0.25) is 4.79 Å². The number of alkyl halides is 2. The summed E-state index contributed by atoms with van der Waals surface area (Å²) in [6.45, 7) is 9.73. The molecule has 1 N–H and O–H groups in total. The summed E-state index contributed by atoms with van der Waals surface area (Å²) in [4.78, 5) is 11.8. The van der Waals surface area contributed by atoms with E-state index >= 15 is 8.78 Å². The molecule has 1 saturated heterocycles. The van der Waals surface area contributed by atoms with Crippen LogP contribution < -0.4 is 0 Å². The van der Waals surface area contributed by atoms with Gasteiger partial charge in [-0.25, -0.2) is 8.78 Å². The van der Waals surface area contributed by atoms with Crippen molar-refractivity contribution in [2.45, 2.75) is 69.2 Å². The highest BCUT2D eigenvalue weighted by molar-refractivity contribution is 6.01. The molecular weight excluding hydrogens is 350 g/mol. The Morgan fingerprint density at radius 3 is 2.70 bits per heavy atom. The van der Waals surface area contributed by atoms with Gasteiger partial charge in [-0.15, -0.1) is 0 Å². The van der Waals surface area contributed by atoms with E-state index in [1.165, 1.54) is 18.2 Å². The van der Waals surface area contributed by atoms with Crippen molar-refractivity contribution >= 4 is 5.78 Å². The fraction of sp³-hybridized carbons (Fsp3) is 0.682. The first-order valence-electron chi connectivity index (χ1n) is 9.87. The van der Waals surface area contributed by atoms with Gasteiger partial charge in [0.25, 0.3) is 0 Å². The Kier molecular flexibility index (Phi) is 3.15. The minimum Gasteiger partial charge on any atom is -0.390 e. The third kappa shape index (κ3) is 1.65. The molecule has 5 heteroatoms. The molecule has 5 aliphatic rings. The van der Waals surface area contributed by atoms with Crippen molar-refractivity contribution in [2.24, 2.45) is 23.2 Å². The van der Waals surface area contributed by atoms with Crippen LogP contribution in [0.25, 0.3) is 0 Å². The minimum absolute atomic E-state index is 0.0229. The van der Waals surface area contributed by atoms with Crippen molar-refractivity contribution in [3.05, 3.63) is 36.0 Å². The van der Waals surface area contributed by atoms with Crippen LogP contribution in [0.15, 0.2) is 36.0 Å². The number of fused-ring (bicyclic) bond motifs is 4. The summed E-state index contributed by atoms with van der Waals surface area (Å²) in [5.74, 6) is -1.00. The monoisotopic (exact) mass is 376 g/mol. The number of aliphatic hydroxyl groups is 1. The molecule has 5 rings (SSSR count). The van der Waals surface area contributed by atoms with Crippen molar-refractivity contribution < 1.29 is 23.4 Å². The van der Waals surface area contributed by atoms with Gasteiger partial charge in [0.05, 0.1) is 6.10 Å². The summed E-state index contributed by atoms with van der Waals surface area (Å²) >= 11 is 0. The van der Waals surface area contributed by atoms with E-state index in [1.54, 1.807) is 6.92 Å². The van der Waals surface area contributed by atoms with Crippen LogP contribution in [0.4, 0.5) is 8.78 Å². The van der Waals surface area contributed by atoms with E-state index in [4.69, 9.17) is 4.74 Å². The average molecular weight is 376 g/mol. The summed E-state index contributed by atoms with van der Waals surface area (Å²) in [7, 11) is 0. The van der Waals surface area contributed by atoms with Gasteiger partial charge < -0.3 is 9.84 Å². The summed E-state index contributed by atoms with van der Waals surface area (Å²) in [5.41, 5.74) is -3.44. The van der Waals surface area contributed by atoms with Crippen LogP contribution in [0, 0.1) is 23.2 Å². The number of ketones is 1. The molecular formula is C22H26F2O3. The highest BCUT2D eigenvalue weighted by atomic mass is 19.1. The van der Waals surface area contributed by atoms with Crippen molar-refractivity contribution in [1.82, 2.24) is 0 Å². The average Bonchev–Trinajstić information content (AvgIpc) is 3.20. The van der Waals surface area contributed by atoms with Crippen LogP contribution in [-0.2, 0) is 9.53 Å². The fourth-order valence-electron chi connectivity index (χ4n) is 7.42. The predicted molar refractivity (Wildman–Crippen MR) is 96.4 cm³/mol. The Hall–Kier alpha value is -1.33. The van der Waals surface area contributed by atoms with Gasteiger partial charge in [-0.05, 0) is 61.8 Å². The number of allylic oxidation sites excluding steroid dienone is 4. The zero-order valence-electron chi connectivity index (χ0n) is 16.0. The van der Waals surface area contributed by atoms with Gasteiger partial charge >= 0.3 is 0 Å². The number of carbonyl (C=O) groups is 1. The van der Waals surface area contributed by atoms with Crippen LogP contribution in [0.2, 0.25) is 0 Å². The van der Waals surface area contributed by atoms with Crippen LogP contribution in [0.1, 0.15) is 40.0 Å². The Morgan fingerprint density at radius 2 is 2.07 bits per heavy atom. The van der Waals surface area contributed by atoms with Crippen LogP contribution in [-0.4, -0.2) is 40.0 Å². The molecule has 0 amide bonds. The maximum atomic E-state index is 16.8. The molecule has 27 heavy (non-hydrogen) atoms. The Balaban J connectivity index is 1.65. The lowest BCUT2D eigenvalue weighted by Crippen LogP contribution is -2.68. The van der Waals surface area contributed by atoms with Gasteiger partial charge in [0, 0.05) is 17.8 Å². The molecule has 1 aliphatic heterocycles. The molecule has 3 nitrogen and oxygen atoms in total. The number of epoxide rings is 1. The maximum Gasteiger partial charge on any atom is 0.178 e. The van der Waals surface area contributed by atoms with E-state index in [2.05, 4.69) is 13.5 Å². The molecule has 4 unspecified atom stereocenters. The Bertz CT molecular complexity index is 833. The highest BCUT2D eigenvalue weighted by Gasteiger charge is 2.86. The number of rotatable bonds is 1. The Morgan fingerprint density at radius 1 is 1.37 bits per heavy atom. The van der Waals surface area contributed by atoms with Gasteiger partial charge in [0.1, 0.15) is 17.4 Å². The van der Waals surface area contributed by atoms with E-state index in [0.29, 0.717) is 0 Å². The minimum atomic E-state index is -2.02. The van der Waals surface area contributed by atoms with Crippen LogP contribution >= 0.6 is 0 Å². The van der Waals surface area contributed by atoms with Crippen molar-refractivity contribution in [2.75, 3.05) is 0 Å². The molecule has 146 valence electrons. The van der Waals surface area contributed by atoms with Crippen LogP contribution in [0.5, 0.6) is 0 Å². The summed E-state index contributed by atoms with van der Waals surface area (Å²) in [5, 5.41) is 11.1. The largest absolute Gasteiger partial charge is 0.390 e. The van der Waals surface area contributed by atoms with Gasteiger partial charge in [-0.1, -0.05) is 19.6 Å². The molecule has 3 saturated carbocycles. The molecule has 0 bridgehead atoms. The van der Waals surface area contributed by atoms with Gasteiger partial charge in [0.15, 0.2) is 11.5 Å². The molecule has 4 fully saturated rings. The number of ether oxygens (including phenoxy) is 1. The molecule has 1 heterocycles. The molecule has 0 aromatic rings. The number of aliphatic hydroxyl groups excluding tert-OH is 1. The molecule has 1 spiro atoms. The number of hydrogen-bond donors (Lipinski definition) is 1. The fourth-order valence-corrected chi connectivity index (χ4v) is 7.42. The normalized spacial score (nSPS) is 57.9.